The maximum Gasteiger partial charge on any atom is 0.111 e. The first-order valence-corrected chi connectivity index (χ1v) is 21.3. The average molecular weight is 629 g/mol. The van der Waals surface area contributed by atoms with E-state index in [-0.39, 0.29) is 0 Å². The van der Waals surface area contributed by atoms with Crippen LogP contribution in [0.2, 0.25) is 0 Å². The zero-order chi connectivity index (χ0) is 32.5. The van der Waals surface area contributed by atoms with Gasteiger partial charge >= 0.3 is 0 Å². The van der Waals surface area contributed by atoms with Gasteiger partial charge in [-0.2, -0.15) is 0 Å². The van der Waals surface area contributed by atoms with Gasteiger partial charge < -0.3 is 4.57 Å². The highest BCUT2D eigenvalue weighted by atomic mass is 15.1. The van der Waals surface area contributed by atoms with Gasteiger partial charge in [-0.25, -0.2) is 4.98 Å². The molecule has 0 amide bonds. The van der Waals surface area contributed by atoms with Crippen molar-refractivity contribution in [2.24, 2.45) is 0 Å². The molecule has 1 rings (SSSR count). The minimum atomic E-state index is 0.588. The molecule has 2 atom stereocenters. The molecule has 2 nitrogen and oxygen atoms in total. The molecule has 0 N–H and O–H groups in total. The zero-order valence-corrected chi connectivity index (χ0v) is 31.7. The number of unbranched alkanes of at least 4 members (excludes halogenated alkanes) is 28. The van der Waals surface area contributed by atoms with Crippen LogP contribution in [0.15, 0.2) is 12.4 Å². The number of aromatic nitrogens is 2. The predicted molar refractivity (Wildman–Crippen MR) is 204 cm³/mol. The van der Waals surface area contributed by atoms with E-state index in [9.17, 15) is 0 Å². The third kappa shape index (κ3) is 25.0. The lowest BCUT2D eigenvalue weighted by molar-refractivity contribution is 0.412. The van der Waals surface area contributed by atoms with E-state index in [1.165, 1.54) is 224 Å². The Morgan fingerprint density at radius 1 is 0.422 bits per heavy atom. The molecule has 45 heavy (non-hydrogen) atoms. The summed E-state index contributed by atoms with van der Waals surface area (Å²) in [7, 11) is 0. The topological polar surface area (TPSA) is 17.8 Å². The second-order valence-corrected chi connectivity index (χ2v) is 15.0. The van der Waals surface area contributed by atoms with Crippen LogP contribution >= 0.6 is 0 Å². The molecule has 0 saturated carbocycles. The quantitative estimate of drug-likeness (QED) is 0.0676. The van der Waals surface area contributed by atoms with E-state index in [4.69, 9.17) is 4.98 Å². The lowest BCUT2D eigenvalue weighted by atomic mass is 9.92. The van der Waals surface area contributed by atoms with Crippen LogP contribution < -0.4 is 0 Å². The Labute approximate surface area is 285 Å². The standard InChI is InChI=1S/C43H84N2/c1-5-8-11-14-17-20-21-22-23-24-26-29-32-35-38-42(37-34-31-28-25-18-15-12-9-6-2)43-44-39-40-45(43)41(4)36-33-30-27-19-16-13-10-7-3/h39-42H,5-38H2,1-4H3. The summed E-state index contributed by atoms with van der Waals surface area (Å²) in [5.74, 6) is 2.07. The summed E-state index contributed by atoms with van der Waals surface area (Å²) in [4.78, 5) is 5.03. The minimum absolute atomic E-state index is 0.588. The van der Waals surface area contributed by atoms with Crippen molar-refractivity contribution < 1.29 is 0 Å². The number of rotatable bonds is 36. The largest absolute Gasteiger partial charge is 0.332 e. The van der Waals surface area contributed by atoms with E-state index in [1.54, 1.807) is 0 Å². The Kier molecular flexibility index (Phi) is 31.1. The van der Waals surface area contributed by atoms with Crippen LogP contribution in [0.4, 0.5) is 0 Å². The van der Waals surface area contributed by atoms with Crippen molar-refractivity contribution in [3.63, 3.8) is 0 Å². The van der Waals surface area contributed by atoms with Crippen LogP contribution in [0.3, 0.4) is 0 Å². The zero-order valence-electron chi connectivity index (χ0n) is 31.7. The van der Waals surface area contributed by atoms with E-state index in [0.717, 1.165) is 0 Å². The molecule has 1 aromatic heterocycles. The Morgan fingerprint density at radius 3 is 1.04 bits per heavy atom. The maximum absolute atomic E-state index is 5.03. The summed E-state index contributed by atoms with van der Waals surface area (Å²) in [6, 6.07) is 0.588. The SMILES string of the molecule is CCCCCCCCCCCCCCCCC(CCCCCCCCCCC)c1nccn1C(C)CCCCCCCCCC. The average Bonchev–Trinajstić information content (AvgIpc) is 3.54. The molecule has 2 unspecified atom stereocenters. The van der Waals surface area contributed by atoms with Crippen molar-refractivity contribution in [3.8, 4) is 0 Å². The smallest absolute Gasteiger partial charge is 0.111 e. The normalized spacial score (nSPS) is 13.1. The van der Waals surface area contributed by atoms with Crippen LogP contribution in [0, 0.1) is 0 Å². The van der Waals surface area contributed by atoms with Gasteiger partial charge in [-0.3, -0.25) is 0 Å². The van der Waals surface area contributed by atoms with Gasteiger partial charge in [-0.05, 0) is 26.2 Å². The number of hydrogen-bond donors (Lipinski definition) is 0. The fourth-order valence-corrected chi connectivity index (χ4v) is 7.42. The van der Waals surface area contributed by atoms with Crippen molar-refractivity contribution >= 4 is 0 Å². The van der Waals surface area contributed by atoms with Crippen molar-refractivity contribution in [1.82, 2.24) is 9.55 Å². The first kappa shape index (κ1) is 42.2. The summed E-state index contributed by atoms with van der Waals surface area (Å²) in [5, 5.41) is 0. The first-order chi connectivity index (χ1) is 22.2. The second-order valence-electron chi connectivity index (χ2n) is 15.0. The molecule has 0 fully saturated rings. The number of nitrogens with zero attached hydrogens (tertiary/aromatic N) is 2. The summed E-state index contributed by atoms with van der Waals surface area (Å²) in [5.41, 5.74) is 0. The third-order valence-corrected chi connectivity index (χ3v) is 10.6. The second kappa shape index (κ2) is 33.1. The third-order valence-electron chi connectivity index (χ3n) is 10.6. The van der Waals surface area contributed by atoms with E-state index in [1.807, 2.05) is 0 Å². The highest BCUT2D eigenvalue weighted by Crippen LogP contribution is 2.31. The van der Waals surface area contributed by atoms with Crippen LogP contribution in [0.1, 0.15) is 264 Å². The molecule has 1 heterocycles. The van der Waals surface area contributed by atoms with Crippen molar-refractivity contribution in [3.05, 3.63) is 18.2 Å². The summed E-state index contributed by atoms with van der Waals surface area (Å²) < 4.78 is 2.59. The molecule has 0 radical (unpaired) electrons. The molecule has 266 valence electrons. The first-order valence-electron chi connectivity index (χ1n) is 21.3. The number of hydrogen-bond acceptors (Lipinski definition) is 1. The monoisotopic (exact) mass is 629 g/mol. The van der Waals surface area contributed by atoms with E-state index >= 15 is 0 Å². The van der Waals surface area contributed by atoms with E-state index in [2.05, 4.69) is 44.7 Å². The molecular formula is C43H84N2. The Hall–Kier alpha value is -0.790. The molecule has 1 aromatic rings. The van der Waals surface area contributed by atoms with Crippen LogP contribution in [-0.4, -0.2) is 9.55 Å². The minimum Gasteiger partial charge on any atom is -0.332 e. The van der Waals surface area contributed by atoms with Gasteiger partial charge in [-0.15, -0.1) is 0 Å². The summed E-state index contributed by atoms with van der Waals surface area (Å²) in [6.07, 6.45) is 52.7. The van der Waals surface area contributed by atoms with Gasteiger partial charge in [0.2, 0.25) is 0 Å². The van der Waals surface area contributed by atoms with E-state index in [0.29, 0.717) is 12.0 Å². The fourth-order valence-electron chi connectivity index (χ4n) is 7.42. The predicted octanol–water partition coefficient (Wildman–Crippen LogP) is 15.9. The van der Waals surface area contributed by atoms with Crippen molar-refractivity contribution in [2.75, 3.05) is 0 Å². The van der Waals surface area contributed by atoms with Gasteiger partial charge in [0.05, 0.1) is 0 Å². The lowest BCUT2D eigenvalue weighted by Crippen LogP contribution is -2.13. The van der Waals surface area contributed by atoms with Gasteiger partial charge in [-0.1, -0.05) is 220 Å². The van der Waals surface area contributed by atoms with Gasteiger partial charge in [0.1, 0.15) is 5.82 Å². The summed E-state index contributed by atoms with van der Waals surface area (Å²) in [6.45, 7) is 9.39. The molecule has 0 aliphatic carbocycles. The van der Waals surface area contributed by atoms with Gasteiger partial charge in [0, 0.05) is 24.4 Å². The highest BCUT2D eigenvalue weighted by Gasteiger charge is 2.19. The van der Waals surface area contributed by atoms with E-state index < -0.39 is 0 Å². The van der Waals surface area contributed by atoms with Crippen molar-refractivity contribution in [1.29, 1.82) is 0 Å². The van der Waals surface area contributed by atoms with Gasteiger partial charge in [0.25, 0.3) is 0 Å². The van der Waals surface area contributed by atoms with Gasteiger partial charge in [0.15, 0.2) is 0 Å². The lowest BCUT2D eigenvalue weighted by Gasteiger charge is -2.22. The fraction of sp³-hybridized carbons (Fsp3) is 0.930. The molecule has 0 bridgehead atoms. The van der Waals surface area contributed by atoms with Crippen LogP contribution in [0.25, 0.3) is 0 Å². The Morgan fingerprint density at radius 2 is 0.711 bits per heavy atom. The summed E-state index contributed by atoms with van der Waals surface area (Å²) >= 11 is 0. The van der Waals surface area contributed by atoms with Crippen molar-refractivity contribution in [2.45, 2.75) is 258 Å². The Bertz CT molecular complexity index is 694. The maximum atomic E-state index is 5.03. The number of imidazole rings is 1. The Balaban J connectivity index is 2.39. The molecule has 2 heteroatoms. The molecule has 0 aliphatic heterocycles. The highest BCUT2D eigenvalue weighted by molar-refractivity contribution is 5.02. The molecule has 0 spiro atoms. The van der Waals surface area contributed by atoms with Crippen LogP contribution in [-0.2, 0) is 0 Å². The molecular weight excluding hydrogens is 544 g/mol. The molecule has 0 aromatic carbocycles. The molecule has 0 saturated heterocycles. The molecule has 0 aliphatic rings. The van der Waals surface area contributed by atoms with Crippen LogP contribution in [0.5, 0.6) is 0 Å².